The molecule has 6 heteroatoms. The summed E-state index contributed by atoms with van der Waals surface area (Å²) in [6.45, 7) is 0.662. The highest BCUT2D eigenvalue weighted by atomic mass is 16.5. The fraction of sp³-hybridized carbons (Fsp3) is 0.412. The van der Waals surface area contributed by atoms with Gasteiger partial charge in [-0.05, 0) is 37.5 Å². The predicted octanol–water partition coefficient (Wildman–Crippen LogP) is 2.63. The van der Waals surface area contributed by atoms with E-state index in [1.807, 2.05) is 6.07 Å². The summed E-state index contributed by atoms with van der Waals surface area (Å²) in [5.74, 6) is 1.26. The highest BCUT2D eigenvalue weighted by Crippen LogP contribution is 2.31. The Labute approximate surface area is 134 Å². The van der Waals surface area contributed by atoms with Gasteiger partial charge < -0.3 is 14.2 Å². The second-order valence-corrected chi connectivity index (χ2v) is 5.38. The van der Waals surface area contributed by atoms with Crippen molar-refractivity contribution in [2.75, 3.05) is 20.8 Å². The van der Waals surface area contributed by atoms with E-state index in [0.717, 1.165) is 19.3 Å². The summed E-state index contributed by atoms with van der Waals surface area (Å²) >= 11 is 0. The third-order valence-electron chi connectivity index (χ3n) is 4.00. The summed E-state index contributed by atoms with van der Waals surface area (Å²) in [7, 11) is 3.16. The lowest BCUT2D eigenvalue weighted by Gasteiger charge is -2.23. The van der Waals surface area contributed by atoms with Crippen molar-refractivity contribution in [1.82, 2.24) is 9.78 Å². The summed E-state index contributed by atoms with van der Waals surface area (Å²) < 4.78 is 17.7. The normalized spacial score (nSPS) is 17.7. The number of methoxy groups -OCH3 is 2. The molecule has 23 heavy (non-hydrogen) atoms. The third-order valence-corrected chi connectivity index (χ3v) is 4.00. The third kappa shape index (κ3) is 3.07. The average Bonchev–Trinajstić information content (AvgIpc) is 2.62. The predicted molar refractivity (Wildman–Crippen MR) is 85.9 cm³/mol. The van der Waals surface area contributed by atoms with Crippen LogP contribution in [0.2, 0.25) is 0 Å². The van der Waals surface area contributed by atoms with Crippen molar-refractivity contribution in [2.24, 2.45) is 0 Å². The summed E-state index contributed by atoms with van der Waals surface area (Å²) in [5.41, 5.74) is 1.07. The number of nitrogens with zero attached hydrogens (tertiary/aromatic N) is 2. The lowest BCUT2D eigenvalue weighted by Crippen LogP contribution is -2.31. The number of ether oxygens (including phenoxy) is 3. The van der Waals surface area contributed by atoms with Crippen LogP contribution in [0.1, 0.15) is 25.5 Å². The first-order chi connectivity index (χ1) is 11.2. The quantitative estimate of drug-likeness (QED) is 0.867. The van der Waals surface area contributed by atoms with Crippen LogP contribution in [-0.4, -0.2) is 30.6 Å². The Bertz CT molecular complexity index is 736. The number of hydrogen-bond acceptors (Lipinski definition) is 5. The van der Waals surface area contributed by atoms with Gasteiger partial charge in [0.2, 0.25) is 0 Å². The molecule has 0 N–H and O–H groups in total. The fourth-order valence-corrected chi connectivity index (χ4v) is 2.77. The van der Waals surface area contributed by atoms with Crippen LogP contribution >= 0.6 is 0 Å². The fourth-order valence-electron chi connectivity index (χ4n) is 2.77. The molecular formula is C17H20N2O4. The van der Waals surface area contributed by atoms with E-state index in [-0.39, 0.29) is 11.8 Å². The molecule has 2 heterocycles. The molecule has 1 atom stereocenters. The van der Waals surface area contributed by atoms with Gasteiger partial charge in [0.25, 0.3) is 5.56 Å². The summed E-state index contributed by atoms with van der Waals surface area (Å²) in [6, 6.07) is 7.09. The molecule has 0 radical (unpaired) electrons. The van der Waals surface area contributed by atoms with Crippen molar-refractivity contribution in [3.63, 3.8) is 0 Å². The van der Waals surface area contributed by atoms with Gasteiger partial charge in [-0.3, -0.25) is 4.79 Å². The van der Waals surface area contributed by atoms with Crippen molar-refractivity contribution in [3.05, 3.63) is 40.8 Å². The molecule has 0 aliphatic carbocycles. The van der Waals surface area contributed by atoms with Crippen LogP contribution in [0, 0.1) is 0 Å². The molecule has 1 aliphatic rings. The zero-order valence-corrected chi connectivity index (χ0v) is 13.3. The van der Waals surface area contributed by atoms with Gasteiger partial charge in [0.1, 0.15) is 11.5 Å². The zero-order valence-electron chi connectivity index (χ0n) is 13.3. The first kappa shape index (κ1) is 15.6. The van der Waals surface area contributed by atoms with E-state index >= 15 is 0 Å². The van der Waals surface area contributed by atoms with Gasteiger partial charge in [-0.1, -0.05) is 0 Å². The Morgan fingerprint density at radius 3 is 2.74 bits per heavy atom. The topological polar surface area (TPSA) is 62.6 Å². The number of hydrogen-bond donors (Lipinski definition) is 0. The minimum absolute atomic E-state index is 0.178. The molecule has 1 aromatic heterocycles. The van der Waals surface area contributed by atoms with Crippen molar-refractivity contribution in [1.29, 1.82) is 0 Å². The van der Waals surface area contributed by atoms with Crippen LogP contribution in [0.15, 0.2) is 35.3 Å². The zero-order chi connectivity index (χ0) is 16.2. The molecule has 6 nitrogen and oxygen atoms in total. The molecule has 1 fully saturated rings. The Balaban J connectivity index is 2.05. The van der Waals surface area contributed by atoms with E-state index in [1.54, 1.807) is 38.6 Å². The first-order valence-electron chi connectivity index (χ1n) is 7.66. The lowest BCUT2D eigenvalue weighted by molar-refractivity contribution is -0.0423. The Hall–Kier alpha value is -2.34. The van der Waals surface area contributed by atoms with E-state index in [0.29, 0.717) is 29.2 Å². The molecule has 1 aromatic carbocycles. The molecule has 1 saturated heterocycles. The maximum absolute atomic E-state index is 12.8. The molecule has 0 bridgehead atoms. The molecule has 1 aliphatic heterocycles. The number of benzene rings is 1. The monoisotopic (exact) mass is 316 g/mol. The molecule has 2 aromatic rings. The Morgan fingerprint density at radius 2 is 2.04 bits per heavy atom. The van der Waals surface area contributed by atoms with E-state index in [2.05, 4.69) is 5.10 Å². The molecule has 0 spiro atoms. The van der Waals surface area contributed by atoms with Gasteiger partial charge in [0.15, 0.2) is 6.23 Å². The standard InChI is InChI=1S/C17H20N2O4/c1-21-12-6-7-13(15(11-12)22-2)14-8-9-18-19(17(14)20)16-5-3-4-10-23-16/h6-9,11,16H,3-5,10H2,1-2H3. The van der Waals surface area contributed by atoms with E-state index in [4.69, 9.17) is 14.2 Å². The van der Waals surface area contributed by atoms with Crippen molar-refractivity contribution in [3.8, 4) is 22.6 Å². The maximum atomic E-state index is 12.8. The second kappa shape index (κ2) is 6.83. The highest BCUT2D eigenvalue weighted by molar-refractivity contribution is 5.70. The van der Waals surface area contributed by atoms with Crippen LogP contribution in [0.4, 0.5) is 0 Å². The van der Waals surface area contributed by atoms with Crippen LogP contribution in [0.3, 0.4) is 0 Å². The molecular weight excluding hydrogens is 296 g/mol. The van der Waals surface area contributed by atoms with Crippen LogP contribution < -0.4 is 15.0 Å². The summed E-state index contributed by atoms with van der Waals surface area (Å²) in [5, 5.41) is 4.19. The van der Waals surface area contributed by atoms with E-state index in [9.17, 15) is 4.79 Å². The van der Waals surface area contributed by atoms with E-state index < -0.39 is 0 Å². The minimum atomic E-state index is -0.291. The highest BCUT2D eigenvalue weighted by Gasteiger charge is 2.20. The van der Waals surface area contributed by atoms with Gasteiger partial charge in [-0.15, -0.1) is 0 Å². The van der Waals surface area contributed by atoms with Crippen LogP contribution in [0.25, 0.3) is 11.1 Å². The minimum Gasteiger partial charge on any atom is -0.497 e. The summed E-state index contributed by atoms with van der Waals surface area (Å²) in [4.78, 5) is 12.8. The van der Waals surface area contributed by atoms with E-state index in [1.165, 1.54) is 4.68 Å². The van der Waals surface area contributed by atoms with Gasteiger partial charge in [0.05, 0.1) is 19.8 Å². The molecule has 1 unspecified atom stereocenters. The summed E-state index contributed by atoms with van der Waals surface area (Å²) in [6.07, 6.45) is 4.20. The van der Waals surface area contributed by atoms with Crippen molar-refractivity contribution >= 4 is 0 Å². The van der Waals surface area contributed by atoms with Gasteiger partial charge in [-0.25, -0.2) is 4.68 Å². The lowest BCUT2D eigenvalue weighted by atomic mass is 10.1. The average molecular weight is 316 g/mol. The molecule has 122 valence electrons. The van der Waals surface area contributed by atoms with Gasteiger partial charge in [0, 0.05) is 24.4 Å². The van der Waals surface area contributed by atoms with Crippen LogP contribution in [0.5, 0.6) is 11.5 Å². The Kier molecular flexibility index (Phi) is 4.62. The van der Waals surface area contributed by atoms with Crippen LogP contribution in [-0.2, 0) is 4.74 Å². The first-order valence-corrected chi connectivity index (χ1v) is 7.66. The maximum Gasteiger partial charge on any atom is 0.277 e. The van der Waals surface area contributed by atoms with Crippen molar-refractivity contribution < 1.29 is 14.2 Å². The molecule has 0 saturated carbocycles. The molecule has 3 rings (SSSR count). The smallest absolute Gasteiger partial charge is 0.277 e. The second-order valence-electron chi connectivity index (χ2n) is 5.38. The van der Waals surface area contributed by atoms with Crippen molar-refractivity contribution in [2.45, 2.75) is 25.5 Å². The largest absolute Gasteiger partial charge is 0.497 e. The SMILES string of the molecule is COc1ccc(-c2ccnn(C3CCCCO3)c2=O)c(OC)c1. The van der Waals surface area contributed by atoms with Gasteiger partial charge >= 0.3 is 0 Å². The number of rotatable bonds is 4. The number of aromatic nitrogens is 2. The molecule has 0 amide bonds. The van der Waals surface area contributed by atoms with Gasteiger partial charge in [-0.2, -0.15) is 5.10 Å². The Morgan fingerprint density at radius 1 is 1.17 bits per heavy atom.